The van der Waals surface area contributed by atoms with Crippen LogP contribution in [-0.4, -0.2) is 30.2 Å². The monoisotopic (exact) mass is 524 g/mol. The summed E-state index contributed by atoms with van der Waals surface area (Å²) >= 11 is 12.4. The summed E-state index contributed by atoms with van der Waals surface area (Å²) in [5, 5.41) is 16.1. The molecule has 4 aromatic carbocycles. The molecule has 7 nitrogen and oxygen atoms in total. The van der Waals surface area contributed by atoms with Gasteiger partial charge in [-0.3, -0.25) is 9.36 Å². The first kappa shape index (κ1) is 23.1. The standard InChI is InChI=1S/C28H18Cl2N6O/c29-20-11-8-17(9-12-20)16-36-27(19-4-3-5-21(30)14-19)31-25-13-10-18(15-24(25)28(36)37)22-6-1-2-7-23(22)26-32-34-35-33-26/h1-15H,16H2,(H,32,33,34,35). The molecule has 0 bridgehead atoms. The highest BCUT2D eigenvalue weighted by Crippen LogP contribution is 2.31. The first-order valence-corrected chi connectivity index (χ1v) is 12.2. The SMILES string of the molecule is O=c1c2cc(-c3ccccc3-c3nn[nH]n3)ccc2nc(-c2cccc(Cl)c2)n1Cc1ccc(Cl)cc1. The Bertz CT molecular complexity index is 1800. The van der Waals surface area contributed by atoms with E-state index in [1.54, 1.807) is 10.6 Å². The molecule has 0 aliphatic heterocycles. The molecule has 0 saturated carbocycles. The molecular weight excluding hydrogens is 507 g/mol. The van der Waals surface area contributed by atoms with Crippen molar-refractivity contribution in [1.82, 2.24) is 30.2 Å². The van der Waals surface area contributed by atoms with Crippen molar-refractivity contribution in [3.63, 3.8) is 0 Å². The highest BCUT2D eigenvalue weighted by molar-refractivity contribution is 6.31. The summed E-state index contributed by atoms with van der Waals surface area (Å²) in [5.74, 6) is 1.01. The summed E-state index contributed by atoms with van der Waals surface area (Å²) in [6.07, 6.45) is 0. The van der Waals surface area contributed by atoms with E-state index in [0.29, 0.717) is 39.1 Å². The van der Waals surface area contributed by atoms with Gasteiger partial charge in [0, 0.05) is 21.2 Å². The van der Waals surface area contributed by atoms with Crippen LogP contribution in [0.25, 0.3) is 44.8 Å². The maximum atomic E-state index is 14.0. The Morgan fingerprint density at radius 2 is 1.59 bits per heavy atom. The van der Waals surface area contributed by atoms with Crippen molar-refractivity contribution in [2.75, 3.05) is 0 Å². The van der Waals surface area contributed by atoms with E-state index in [1.165, 1.54) is 0 Å². The van der Waals surface area contributed by atoms with Gasteiger partial charge in [-0.2, -0.15) is 5.21 Å². The minimum atomic E-state index is -0.159. The van der Waals surface area contributed by atoms with E-state index in [2.05, 4.69) is 20.6 Å². The van der Waals surface area contributed by atoms with Crippen LogP contribution in [0.2, 0.25) is 10.0 Å². The van der Waals surface area contributed by atoms with Gasteiger partial charge >= 0.3 is 0 Å². The average Bonchev–Trinajstić information content (AvgIpc) is 3.46. The Hall–Kier alpha value is -4.33. The second kappa shape index (κ2) is 9.61. The summed E-state index contributed by atoms with van der Waals surface area (Å²) in [6, 6.07) is 28.2. The molecule has 37 heavy (non-hydrogen) atoms. The lowest BCUT2D eigenvalue weighted by molar-refractivity contribution is 0.759. The van der Waals surface area contributed by atoms with E-state index in [9.17, 15) is 4.79 Å². The zero-order valence-electron chi connectivity index (χ0n) is 19.3. The second-order valence-corrected chi connectivity index (χ2v) is 9.35. The Balaban J connectivity index is 1.56. The molecule has 9 heteroatoms. The summed E-state index contributed by atoms with van der Waals surface area (Å²) in [4.78, 5) is 18.9. The van der Waals surface area contributed by atoms with Crippen LogP contribution < -0.4 is 5.56 Å². The van der Waals surface area contributed by atoms with Gasteiger partial charge in [0.15, 0.2) is 0 Å². The molecule has 6 aromatic rings. The van der Waals surface area contributed by atoms with Gasteiger partial charge in [-0.15, -0.1) is 10.2 Å². The van der Waals surface area contributed by atoms with Crippen LogP contribution in [-0.2, 0) is 6.54 Å². The molecule has 0 atom stereocenters. The van der Waals surface area contributed by atoms with Crippen LogP contribution in [0.3, 0.4) is 0 Å². The molecule has 2 heterocycles. The number of fused-ring (bicyclic) bond motifs is 1. The number of nitrogens with zero attached hydrogens (tertiary/aromatic N) is 5. The Morgan fingerprint density at radius 1 is 0.784 bits per heavy atom. The highest BCUT2D eigenvalue weighted by atomic mass is 35.5. The summed E-state index contributed by atoms with van der Waals surface area (Å²) in [6.45, 7) is 0.324. The van der Waals surface area contributed by atoms with Crippen LogP contribution in [0.15, 0.2) is 95.8 Å². The number of benzene rings is 4. The van der Waals surface area contributed by atoms with E-state index in [1.807, 2.05) is 84.9 Å². The Morgan fingerprint density at radius 3 is 2.35 bits per heavy atom. The van der Waals surface area contributed by atoms with Gasteiger partial charge in [0.2, 0.25) is 5.82 Å². The number of aromatic amines is 1. The summed E-state index contributed by atoms with van der Waals surface area (Å²) < 4.78 is 1.67. The molecule has 1 N–H and O–H groups in total. The molecule has 0 aliphatic rings. The molecule has 0 fully saturated rings. The Kier molecular flexibility index (Phi) is 6.00. The van der Waals surface area contributed by atoms with Crippen LogP contribution in [0.4, 0.5) is 0 Å². The van der Waals surface area contributed by atoms with Crippen LogP contribution in [0, 0.1) is 0 Å². The van der Waals surface area contributed by atoms with Gasteiger partial charge in [0.25, 0.3) is 5.56 Å². The number of hydrogen-bond acceptors (Lipinski definition) is 5. The van der Waals surface area contributed by atoms with Gasteiger partial charge in [-0.1, -0.05) is 77.8 Å². The Labute approximate surface area is 221 Å². The number of H-pyrrole nitrogens is 1. The van der Waals surface area contributed by atoms with Crippen molar-refractivity contribution >= 4 is 34.1 Å². The summed E-state index contributed by atoms with van der Waals surface area (Å²) in [7, 11) is 0. The predicted molar refractivity (Wildman–Crippen MR) is 146 cm³/mol. The van der Waals surface area contributed by atoms with Crippen molar-refractivity contribution in [1.29, 1.82) is 0 Å². The molecule has 0 saturated heterocycles. The third kappa shape index (κ3) is 4.50. The third-order valence-electron chi connectivity index (χ3n) is 6.12. The smallest absolute Gasteiger partial charge is 0.261 e. The number of rotatable bonds is 5. The van der Waals surface area contributed by atoms with Crippen molar-refractivity contribution in [2.24, 2.45) is 0 Å². The minimum absolute atomic E-state index is 0.159. The molecule has 6 rings (SSSR count). The van der Waals surface area contributed by atoms with Gasteiger partial charge < -0.3 is 0 Å². The van der Waals surface area contributed by atoms with E-state index in [4.69, 9.17) is 28.2 Å². The van der Waals surface area contributed by atoms with E-state index >= 15 is 0 Å². The fourth-order valence-electron chi connectivity index (χ4n) is 4.36. The van der Waals surface area contributed by atoms with Crippen LogP contribution in [0.5, 0.6) is 0 Å². The van der Waals surface area contributed by atoms with Crippen LogP contribution >= 0.6 is 23.2 Å². The largest absolute Gasteiger partial charge is 0.288 e. The van der Waals surface area contributed by atoms with Crippen molar-refractivity contribution in [2.45, 2.75) is 6.54 Å². The number of aromatic nitrogens is 6. The molecule has 0 radical (unpaired) electrons. The predicted octanol–water partition coefficient (Wildman–Crippen LogP) is 6.27. The molecule has 0 unspecified atom stereocenters. The maximum Gasteiger partial charge on any atom is 0.261 e. The molecule has 0 spiro atoms. The average molecular weight is 525 g/mol. The van der Waals surface area contributed by atoms with Gasteiger partial charge in [0.1, 0.15) is 5.82 Å². The number of tetrazole rings is 1. The van der Waals surface area contributed by atoms with Crippen LogP contribution in [0.1, 0.15) is 5.56 Å². The lowest BCUT2D eigenvalue weighted by Crippen LogP contribution is -2.24. The fourth-order valence-corrected chi connectivity index (χ4v) is 4.68. The van der Waals surface area contributed by atoms with Crippen molar-refractivity contribution in [3.8, 4) is 33.9 Å². The number of nitrogens with one attached hydrogen (secondary N) is 1. The van der Waals surface area contributed by atoms with Crippen molar-refractivity contribution in [3.05, 3.63) is 117 Å². The lowest BCUT2D eigenvalue weighted by Gasteiger charge is -2.15. The first-order chi connectivity index (χ1) is 18.1. The quantitative estimate of drug-likeness (QED) is 0.287. The normalized spacial score (nSPS) is 11.2. The first-order valence-electron chi connectivity index (χ1n) is 11.4. The van der Waals surface area contributed by atoms with E-state index in [0.717, 1.165) is 27.8 Å². The zero-order chi connectivity index (χ0) is 25.4. The fraction of sp³-hybridized carbons (Fsp3) is 0.0357. The maximum absolute atomic E-state index is 14.0. The molecule has 0 amide bonds. The number of hydrogen-bond donors (Lipinski definition) is 1. The van der Waals surface area contributed by atoms with E-state index < -0.39 is 0 Å². The van der Waals surface area contributed by atoms with Gasteiger partial charge in [-0.25, -0.2) is 4.98 Å². The second-order valence-electron chi connectivity index (χ2n) is 8.48. The molecule has 2 aromatic heterocycles. The third-order valence-corrected chi connectivity index (χ3v) is 6.60. The topological polar surface area (TPSA) is 89.3 Å². The van der Waals surface area contributed by atoms with Gasteiger partial charge in [-0.05, 0) is 58.3 Å². The van der Waals surface area contributed by atoms with Gasteiger partial charge in [0.05, 0.1) is 17.4 Å². The van der Waals surface area contributed by atoms with E-state index in [-0.39, 0.29) is 5.56 Å². The highest BCUT2D eigenvalue weighted by Gasteiger charge is 2.16. The minimum Gasteiger partial charge on any atom is -0.288 e. The molecule has 0 aliphatic carbocycles. The zero-order valence-corrected chi connectivity index (χ0v) is 20.8. The lowest BCUT2D eigenvalue weighted by atomic mass is 9.98. The molecule has 180 valence electrons. The van der Waals surface area contributed by atoms with Crippen molar-refractivity contribution < 1.29 is 0 Å². The summed E-state index contributed by atoms with van der Waals surface area (Å²) in [5.41, 5.74) is 4.65. The molecular formula is C28H18Cl2N6O. The number of halogens is 2.